The molecule has 2 heterocycles. The number of amides is 1. The fourth-order valence-corrected chi connectivity index (χ4v) is 7.20. The van der Waals surface area contributed by atoms with Gasteiger partial charge in [-0.25, -0.2) is 0 Å². The molecule has 0 aromatic carbocycles. The van der Waals surface area contributed by atoms with E-state index in [1.165, 1.54) is 0 Å². The maximum Gasteiger partial charge on any atom is 0.234 e. The Labute approximate surface area is 145 Å². The third kappa shape index (κ3) is 4.31. The van der Waals surface area contributed by atoms with Crippen molar-refractivity contribution in [2.24, 2.45) is 11.8 Å². The van der Waals surface area contributed by atoms with Crippen molar-refractivity contribution in [1.82, 2.24) is 4.90 Å². The van der Waals surface area contributed by atoms with Crippen molar-refractivity contribution in [3.8, 4) is 0 Å². The van der Waals surface area contributed by atoms with Gasteiger partial charge in [-0.1, -0.05) is 37.8 Å². The summed E-state index contributed by atoms with van der Waals surface area (Å²) in [5.74, 6) is 3.22. The van der Waals surface area contributed by atoms with Crippen molar-refractivity contribution >= 4 is 57.7 Å². The van der Waals surface area contributed by atoms with Gasteiger partial charge < -0.3 is 5.11 Å². The monoisotopic (exact) mass is 365 g/mol. The van der Waals surface area contributed by atoms with Crippen molar-refractivity contribution in [1.29, 1.82) is 0 Å². The van der Waals surface area contributed by atoms with Crippen LogP contribution in [0.1, 0.15) is 27.2 Å². The largest absolute Gasteiger partial charge is 0.393 e. The highest BCUT2D eigenvalue weighted by atomic mass is 32.2. The zero-order chi connectivity index (χ0) is 15.6. The maximum atomic E-state index is 12.9. The second kappa shape index (κ2) is 7.90. The Bertz CT molecular complexity index is 396. The van der Waals surface area contributed by atoms with Crippen LogP contribution in [0.25, 0.3) is 0 Å². The van der Waals surface area contributed by atoms with Crippen LogP contribution in [0, 0.1) is 11.8 Å². The predicted octanol–water partition coefficient (Wildman–Crippen LogP) is 3.06. The molecular formula is C14H23NO2S4. The molecule has 120 valence electrons. The Hall–Kier alpha value is 0.570. The Morgan fingerprint density at radius 3 is 2.52 bits per heavy atom. The summed E-state index contributed by atoms with van der Waals surface area (Å²) in [5, 5.41) is 10.1. The highest BCUT2D eigenvalue weighted by molar-refractivity contribution is 8.23. The summed E-state index contributed by atoms with van der Waals surface area (Å²) >= 11 is 10.8. The standard InChI is InChI=1S/C14H23NO2S4/c1-8(2)11-7-21-14(18)15(11)13(17)10(9(3)16)6-12-19-4-5-20-12/h8-12,16H,4-7H2,1-3H3/t9-,10-,11+/m1/s1. The van der Waals surface area contributed by atoms with E-state index in [2.05, 4.69) is 13.8 Å². The van der Waals surface area contributed by atoms with E-state index in [-0.39, 0.29) is 17.9 Å². The molecule has 2 rings (SSSR count). The molecule has 2 saturated heterocycles. The fourth-order valence-electron chi connectivity index (χ4n) is 2.61. The first kappa shape index (κ1) is 17.9. The summed E-state index contributed by atoms with van der Waals surface area (Å²) in [6.45, 7) is 5.97. The summed E-state index contributed by atoms with van der Waals surface area (Å²) in [4.78, 5) is 14.7. The molecular weight excluding hydrogens is 342 g/mol. The third-order valence-corrected chi connectivity index (χ3v) is 8.53. The lowest BCUT2D eigenvalue weighted by Gasteiger charge is -2.31. The lowest BCUT2D eigenvalue weighted by atomic mass is 9.96. The van der Waals surface area contributed by atoms with Crippen LogP contribution in [0.5, 0.6) is 0 Å². The third-order valence-electron chi connectivity index (χ3n) is 3.95. The average molecular weight is 366 g/mol. The van der Waals surface area contributed by atoms with Gasteiger partial charge in [-0.2, -0.15) is 0 Å². The van der Waals surface area contributed by atoms with Gasteiger partial charge in [0.15, 0.2) is 0 Å². The molecule has 0 saturated carbocycles. The molecule has 2 aliphatic heterocycles. The van der Waals surface area contributed by atoms with E-state index in [0.29, 0.717) is 14.8 Å². The van der Waals surface area contributed by atoms with Gasteiger partial charge in [-0.3, -0.25) is 9.69 Å². The van der Waals surface area contributed by atoms with Crippen LogP contribution in [-0.2, 0) is 4.79 Å². The number of thiocarbonyl (C=S) groups is 1. The molecule has 3 atom stereocenters. The van der Waals surface area contributed by atoms with Crippen LogP contribution in [0.15, 0.2) is 0 Å². The van der Waals surface area contributed by atoms with Gasteiger partial charge in [-0.05, 0) is 19.3 Å². The second-order valence-corrected chi connectivity index (χ2v) is 10.4. The number of nitrogens with zero attached hydrogens (tertiary/aromatic N) is 1. The lowest BCUT2D eigenvalue weighted by Crippen LogP contribution is -2.47. The molecule has 2 fully saturated rings. The normalized spacial score (nSPS) is 26.6. The van der Waals surface area contributed by atoms with Gasteiger partial charge in [0, 0.05) is 23.3 Å². The number of rotatable bonds is 5. The number of thioether (sulfide) groups is 3. The van der Waals surface area contributed by atoms with E-state index in [1.807, 2.05) is 23.5 Å². The van der Waals surface area contributed by atoms with Gasteiger partial charge in [0.25, 0.3) is 0 Å². The van der Waals surface area contributed by atoms with E-state index in [0.717, 1.165) is 23.7 Å². The van der Waals surface area contributed by atoms with Crippen LogP contribution < -0.4 is 0 Å². The maximum absolute atomic E-state index is 12.9. The van der Waals surface area contributed by atoms with Crippen molar-refractivity contribution in [2.45, 2.75) is 43.9 Å². The van der Waals surface area contributed by atoms with Gasteiger partial charge >= 0.3 is 0 Å². The zero-order valence-electron chi connectivity index (χ0n) is 12.7. The van der Waals surface area contributed by atoms with Crippen molar-refractivity contribution in [3.05, 3.63) is 0 Å². The Kier molecular flexibility index (Phi) is 6.74. The number of aliphatic hydroxyl groups excluding tert-OH is 1. The van der Waals surface area contributed by atoms with E-state index < -0.39 is 6.10 Å². The minimum atomic E-state index is -0.625. The highest BCUT2D eigenvalue weighted by Gasteiger charge is 2.41. The topological polar surface area (TPSA) is 40.5 Å². The van der Waals surface area contributed by atoms with Gasteiger partial charge in [-0.15, -0.1) is 23.5 Å². The number of hydrogen-bond donors (Lipinski definition) is 1. The van der Waals surface area contributed by atoms with Crippen LogP contribution in [-0.4, -0.2) is 54.2 Å². The highest BCUT2D eigenvalue weighted by Crippen LogP contribution is 2.38. The molecule has 0 spiro atoms. The molecule has 0 radical (unpaired) electrons. The van der Waals surface area contributed by atoms with Crippen LogP contribution in [0.2, 0.25) is 0 Å². The first-order chi connectivity index (χ1) is 9.91. The zero-order valence-corrected chi connectivity index (χ0v) is 15.9. The number of hydrogen-bond acceptors (Lipinski definition) is 6. The van der Waals surface area contributed by atoms with E-state index in [1.54, 1.807) is 23.6 Å². The minimum Gasteiger partial charge on any atom is -0.393 e. The molecule has 3 nitrogen and oxygen atoms in total. The van der Waals surface area contributed by atoms with Crippen molar-refractivity contribution in [2.75, 3.05) is 17.3 Å². The molecule has 0 unspecified atom stereocenters. The summed E-state index contributed by atoms with van der Waals surface area (Å²) in [7, 11) is 0. The fraction of sp³-hybridized carbons (Fsp3) is 0.857. The number of carbonyl (C=O) groups is 1. The second-order valence-electron chi connectivity index (χ2n) is 5.85. The minimum absolute atomic E-state index is 0.0202. The molecule has 0 aromatic heterocycles. The van der Waals surface area contributed by atoms with E-state index >= 15 is 0 Å². The van der Waals surface area contributed by atoms with Crippen LogP contribution in [0.4, 0.5) is 0 Å². The molecule has 0 bridgehead atoms. The summed E-state index contributed by atoms with van der Waals surface area (Å²) < 4.78 is 1.10. The van der Waals surface area contributed by atoms with Crippen molar-refractivity contribution < 1.29 is 9.90 Å². The SMILES string of the molecule is CC(C)[C@@H]1CSC(=S)N1C(=O)[C@H](CC1SCCS1)[C@@H](C)O. The van der Waals surface area contributed by atoms with Crippen LogP contribution >= 0.6 is 47.5 Å². The molecule has 1 N–H and O–H groups in total. The van der Waals surface area contributed by atoms with E-state index in [9.17, 15) is 9.90 Å². The predicted molar refractivity (Wildman–Crippen MR) is 99.0 cm³/mol. The molecule has 0 aliphatic carbocycles. The van der Waals surface area contributed by atoms with E-state index in [4.69, 9.17) is 12.2 Å². The summed E-state index contributed by atoms with van der Waals surface area (Å²) in [6, 6.07) is 0.167. The molecule has 0 aromatic rings. The van der Waals surface area contributed by atoms with Gasteiger partial charge in [0.2, 0.25) is 5.91 Å². The quantitative estimate of drug-likeness (QED) is 0.755. The first-order valence-corrected chi connectivity index (χ1v) is 10.8. The summed E-state index contributed by atoms with van der Waals surface area (Å²) in [5.41, 5.74) is 0. The Morgan fingerprint density at radius 1 is 1.38 bits per heavy atom. The number of carbonyl (C=O) groups excluding carboxylic acids is 1. The van der Waals surface area contributed by atoms with Crippen molar-refractivity contribution in [3.63, 3.8) is 0 Å². The molecule has 2 aliphatic rings. The average Bonchev–Trinajstić information content (AvgIpc) is 3.03. The lowest BCUT2D eigenvalue weighted by molar-refractivity contribution is -0.136. The van der Waals surface area contributed by atoms with Gasteiger partial charge in [0.05, 0.1) is 16.6 Å². The summed E-state index contributed by atoms with van der Waals surface area (Å²) in [6.07, 6.45) is 0.112. The smallest absolute Gasteiger partial charge is 0.234 e. The molecule has 7 heteroatoms. The first-order valence-electron chi connectivity index (χ1n) is 7.33. The van der Waals surface area contributed by atoms with Crippen LogP contribution in [0.3, 0.4) is 0 Å². The molecule has 21 heavy (non-hydrogen) atoms. The molecule has 1 amide bonds. The Balaban J connectivity index is 2.10. The van der Waals surface area contributed by atoms with Gasteiger partial charge in [0.1, 0.15) is 4.32 Å². The number of aliphatic hydroxyl groups is 1. The Morgan fingerprint density at radius 2 is 2.00 bits per heavy atom.